The standard InChI is InChI=1S/C18H24N4O2/c1-11(2)21(15-6-7-15)16(23)8-5-13-9-14-10-19-22(12(3)4)17(14)20-18(13)24/h5,8-12,15H,6-7H2,1-4H3,(H,20,24)/b8-5+. The van der Waals surface area contributed by atoms with Gasteiger partial charge in [0, 0.05) is 35.2 Å². The van der Waals surface area contributed by atoms with Crippen LogP contribution in [0.5, 0.6) is 0 Å². The maximum Gasteiger partial charge on any atom is 0.256 e. The Morgan fingerprint density at radius 2 is 2.08 bits per heavy atom. The molecular formula is C18H24N4O2. The molecule has 0 spiro atoms. The van der Waals surface area contributed by atoms with E-state index in [-0.39, 0.29) is 23.6 Å². The van der Waals surface area contributed by atoms with Gasteiger partial charge in [0.2, 0.25) is 5.91 Å². The highest BCUT2D eigenvalue weighted by molar-refractivity contribution is 5.92. The SMILES string of the molecule is CC(C)N(C(=O)/C=C/c1cc2cnn(C(C)C)c2[nH]c1=O)C1CC1. The number of rotatable bonds is 5. The first kappa shape index (κ1) is 16.5. The summed E-state index contributed by atoms with van der Waals surface area (Å²) in [4.78, 5) is 29.5. The maximum absolute atomic E-state index is 12.4. The Kier molecular flexibility index (Phi) is 4.30. The molecule has 2 heterocycles. The van der Waals surface area contributed by atoms with Crippen molar-refractivity contribution in [1.82, 2.24) is 19.7 Å². The summed E-state index contributed by atoms with van der Waals surface area (Å²) in [6.07, 6.45) is 6.97. The molecule has 0 aromatic carbocycles. The lowest BCUT2D eigenvalue weighted by Gasteiger charge is -2.25. The van der Waals surface area contributed by atoms with Crippen molar-refractivity contribution in [3.05, 3.63) is 34.3 Å². The minimum atomic E-state index is -0.212. The van der Waals surface area contributed by atoms with Crippen LogP contribution in [0.2, 0.25) is 0 Å². The van der Waals surface area contributed by atoms with E-state index >= 15 is 0 Å². The molecule has 3 rings (SSSR count). The van der Waals surface area contributed by atoms with Crippen LogP contribution in [0.25, 0.3) is 17.1 Å². The van der Waals surface area contributed by atoms with Gasteiger partial charge in [0.25, 0.3) is 5.56 Å². The van der Waals surface area contributed by atoms with Gasteiger partial charge in [-0.05, 0) is 52.7 Å². The van der Waals surface area contributed by atoms with Gasteiger partial charge < -0.3 is 9.88 Å². The van der Waals surface area contributed by atoms with Crippen LogP contribution < -0.4 is 5.56 Å². The first-order valence-electron chi connectivity index (χ1n) is 8.49. The van der Waals surface area contributed by atoms with Crippen molar-refractivity contribution in [3.8, 4) is 0 Å². The van der Waals surface area contributed by atoms with Crippen LogP contribution in [0, 0.1) is 0 Å². The van der Waals surface area contributed by atoms with E-state index < -0.39 is 0 Å². The van der Waals surface area contributed by atoms with E-state index in [9.17, 15) is 9.59 Å². The highest BCUT2D eigenvalue weighted by Crippen LogP contribution is 2.28. The molecule has 0 radical (unpaired) electrons. The number of fused-ring (bicyclic) bond motifs is 1. The third-order valence-electron chi connectivity index (χ3n) is 4.27. The number of amides is 1. The molecule has 2 aromatic rings. The van der Waals surface area contributed by atoms with E-state index in [0.29, 0.717) is 17.3 Å². The van der Waals surface area contributed by atoms with Crippen molar-refractivity contribution >= 4 is 23.0 Å². The lowest BCUT2D eigenvalue weighted by molar-refractivity contribution is -0.128. The van der Waals surface area contributed by atoms with Crippen molar-refractivity contribution in [2.45, 2.75) is 58.7 Å². The van der Waals surface area contributed by atoms with Gasteiger partial charge in [0.05, 0.1) is 6.20 Å². The van der Waals surface area contributed by atoms with Gasteiger partial charge in [-0.3, -0.25) is 9.59 Å². The van der Waals surface area contributed by atoms with Crippen LogP contribution in [-0.2, 0) is 4.79 Å². The Morgan fingerprint density at radius 1 is 1.38 bits per heavy atom. The predicted molar refractivity (Wildman–Crippen MR) is 94.8 cm³/mol. The molecule has 0 saturated heterocycles. The van der Waals surface area contributed by atoms with Crippen molar-refractivity contribution in [2.24, 2.45) is 0 Å². The Balaban J connectivity index is 1.88. The zero-order chi connectivity index (χ0) is 17.4. The van der Waals surface area contributed by atoms with Crippen molar-refractivity contribution in [1.29, 1.82) is 0 Å². The zero-order valence-corrected chi connectivity index (χ0v) is 14.6. The fourth-order valence-corrected chi connectivity index (χ4v) is 2.99. The van der Waals surface area contributed by atoms with Gasteiger partial charge in [0.1, 0.15) is 5.65 Å². The summed E-state index contributed by atoms with van der Waals surface area (Å²) in [5.74, 6) is -0.0372. The van der Waals surface area contributed by atoms with Crippen LogP contribution in [0.15, 0.2) is 23.1 Å². The average molecular weight is 328 g/mol. The topological polar surface area (TPSA) is 71.0 Å². The molecule has 0 atom stereocenters. The van der Waals surface area contributed by atoms with Gasteiger partial charge in [-0.2, -0.15) is 5.10 Å². The van der Waals surface area contributed by atoms with Crippen molar-refractivity contribution < 1.29 is 4.79 Å². The molecule has 1 N–H and O–H groups in total. The summed E-state index contributed by atoms with van der Waals surface area (Å²) in [6.45, 7) is 8.05. The number of H-pyrrole nitrogens is 1. The molecule has 6 nitrogen and oxygen atoms in total. The molecule has 1 amide bonds. The number of aromatic amines is 1. The normalized spacial score (nSPS) is 15.1. The molecule has 0 unspecified atom stereocenters. The summed E-state index contributed by atoms with van der Waals surface area (Å²) in [5, 5.41) is 5.16. The predicted octanol–water partition coefficient (Wildman–Crippen LogP) is 2.72. The maximum atomic E-state index is 12.4. The van der Waals surface area contributed by atoms with Gasteiger partial charge >= 0.3 is 0 Å². The number of hydrogen-bond acceptors (Lipinski definition) is 3. The lowest BCUT2D eigenvalue weighted by atomic mass is 10.2. The zero-order valence-electron chi connectivity index (χ0n) is 14.6. The quantitative estimate of drug-likeness (QED) is 0.858. The van der Waals surface area contributed by atoms with Crippen molar-refractivity contribution in [3.63, 3.8) is 0 Å². The molecular weight excluding hydrogens is 304 g/mol. The number of carbonyl (C=O) groups excluding carboxylic acids is 1. The first-order valence-corrected chi connectivity index (χ1v) is 8.49. The number of carbonyl (C=O) groups is 1. The molecule has 0 aliphatic heterocycles. The second-order valence-corrected chi connectivity index (χ2v) is 6.94. The summed E-state index contributed by atoms with van der Waals surface area (Å²) in [6, 6.07) is 2.46. The van der Waals surface area contributed by atoms with Crippen LogP contribution >= 0.6 is 0 Å². The third kappa shape index (κ3) is 3.13. The summed E-state index contributed by atoms with van der Waals surface area (Å²) < 4.78 is 1.78. The number of nitrogens with zero attached hydrogens (tertiary/aromatic N) is 3. The van der Waals surface area contributed by atoms with Gasteiger partial charge in [0.15, 0.2) is 0 Å². The van der Waals surface area contributed by atoms with Crippen LogP contribution in [-0.4, -0.2) is 37.7 Å². The molecule has 1 fully saturated rings. The van der Waals surface area contributed by atoms with Crippen LogP contribution in [0.4, 0.5) is 0 Å². The first-order chi connectivity index (χ1) is 11.4. The Bertz CT molecular complexity index is 838. The van der Waals surface area contributed by atoms with Gasteiger partial charge in [-0.15, -0.1) is 0 Å². The number of aromatic nitrogens is 3. The molecule has 6 heteroatoms. The summed E-state index contributed by atoms with van der Waals surface area (Å²) >= 11 is 0. The highest BCUT2D eigenvalue weighted by Gasteiger charge is 2.33. The van der Waals surface area contributed by atoms with E-state index in [0.717, 1.165) is 18.2 Å². The van der Waals surface area contributed by atoms with E-state index in [1.165, 1.54) is 6.08 Å². The van der Waals surface area contributed by atoms with Gasteiger partial charge in [-0.25, -0.2) is 4.68 Å². The Labute approximate surface area is 141 Å². The van der Waals surface area contributed by atoms with E-state index in [1.807, 2.05) is 32.6 Å². The summed E-state index contributed by atoms with van der Waals surface area (Å²) in [7, 11) is 0. The fraction of sp³-hybridized carbons (Fsp3) is 0.500. The Morgan fingerprint density at radius 3 is 2.67 bits per heavy atom. The van der Waals surface area contributed by atoms with E-state index in [1.54, 1.807) is 23.0 Å². The van der Waals surface area contributed by atoms with Crippen LogP contribution in [0.1, 0.15) is 52.1 Å². The summed E-state index contributed by atoms with van der Waals surface area (Å²) in [5.41, 5.74) is 0.968. The third-order valence-corrected chi connectivity index (χ3v) is 4.27. The average Bonchev–Trinajstić information content (AvgIpc) is 3.23. The van der Waals surface area contributed by atoms with Crippen LogP contribution in [0.3, 0.4) is 0 Å². The van der Waals surface area contributed by atoms with E-state index in [4.69, 9.17) is 0 Å². The molecule has 1 saturated carbocycles. The smallest absolute Gasteiger partial charge is 0.256 e. The van der Waals surface area contributed by atoms with Gasteiger partial charge in [-0.1, -0.05) is 0 Å². The molecule has 1 aliphatic rings. The van der Waals surface area contributed by atoms with Crippen molar-refractivity contribution in [2.75, 3.05) is 0 Å². The molecule has 2 aromatic heterocycles. The largest absolute Gasteiger partial charge is 0.334 e. The Hall–Kier alpha value is -2.37. The van der Waals surface area contributed by atoms with E-state index in [2.05, 4.69) is 10.1 Å². The molecule has 24 heavy (non-hydrogen) atoms. The number of pyridine rings is 1. The fourth-order valence-electron chi connectivity index (χ4n) is 2.99. The second kappa shape index (κ2) is 6.26. The molecule has 128 valence electrons. The molecule has 0 bridgehead atoms. The number of hydrogen-bond donors (Lipinski definition) is 1. The monoisotopic (exact) mass is 328 g/mol. The minimum absolute atomic E-state index is 0.0372. The highest BCUT2D eigenvalue weighted by atomic mass is 16.2. The molecule has 1 aliphatic carbocycles. The minimum Gasteiger partial charge on any atom is -0.334 e. The second-order valence-electron chi connectivity index (χ2n) is 6.94. The lowest BCUT2D eigenvalue weighted by Crippen LogP contribution is -2.37. The number of nitrogens with one attached hydrogen (secondary N) is 1.